The highest BCUT2D eigenvalue weighted by atomic mass is 35.5. The van der Waals surface area contributed by atoms with Gasteiger partial charge in [-0.3, -0.25) is 29.8 Å². The molecule has 0 saturated heterocycles. The average molecular weight is 393 g/mol. The molecule has 0 heterocycles. The summed E-state index contributed by atoms with van der Waals surface area (Å²) in [5, 5.41) is 24.8. The number of amides is 2. The van der Waals surface area contributed by atoms with Gasteiger partial charge in [0.15, 0.2) is 0 Å². The molecule has 0 aliphatic rings. The Hall–Kier alpha value is -3.53. The van der Waals surface area contributed by atoms with Crippen LogP contribution in [0.2, 0.25) is 5.02 Å². The number of rotatable bonds is 6. The molecule has 0 saturated carbocycles. The number of hydrogen-bond acceptors (Lipinski definition) is 6. The second-order valence-corrected chi connectivity index (χ2v) is 5.91. The number of nitrogens with zero attached hydrogens (tertiary/aromatic N) is 3. The minimum Gasteiger partial charge on any atom is -0.332 e. The van der Waals surface area contributed by atoms with Gasteiger partial charge in [-0.1, -0.05) is 17.7 Å². The molecule has 2 rings (SSSR count). The van der Waals surface area contributed by atoms with Crippen molar-refractivity contribution in [3.63, 3.8) is 0 Å². The number of benzene rings is 2. The molecule has 27 heavy (non-hydrogen) atoms. The van der Waals surface area contributed by atoms with Crippen molar-refractivity contribution in [1.29, 1.82) is 0 Å². The summed E-state index contributed by atoms with van der Waals surface area (Å²) in [6, 6.07) is 8.97. The lowest BCUT2D eigenvalue weighted by atomic mass is 10.1. The highest BCUT2D eigenvalue weighted by Crippen LogP contribution is 2.23. The third kappa shape index (κ3) is 5.22. The summed E-state index contributed by atoms with van der Waals surface area (Å²) in [6.07, 6.45) is 0. The third-order valence-corrected chi connectivity index (χ3v) is 3.64. The minimum atomic E-state index is -0.838. The normalized spacial score (nSPS) is 10.1. The van der Waals surface area contributed by atoms with Gasteiger partial charge in [0.25, 0.3) is 17.3 Å². The maximum Gasteiger partial charge on any atom is 0.277 e. The number of hydrogen-bond donors (Lipinski definition) is 1. The Balaban J connectivity index is 2.15. The van der Waals surface area contributed by atoms with E-state index in [-0.39, 0.29) is 12.1 Å². The quantitative estimate of drug-likeness (QED) is 0.593. The van der Waals surface area contributed by atoms with E-state index >= 15 is 0 Å². The van der Waals surface area contributed by atoms with E-state index in [0.717, 1.165) is 23.1 Å². The first-order valence-corrected chi connectivity index (χ1v) is 7.80. The van der Waals surface area contributed by atoms with Gasteiger partial charge in [-0.25, -0.2) is 0 Å². The van der Waals surface area contributed by atoms with Crippen molar-refractivity contribution >= 4 is 40.5 Å². The van der Waals surface area contributed by atoms with Gasteiger partial charge >= 0.3 is 0 Å². The molecule has 0 radical (unpaired) electrons. The Morgan fingerprint density at radius 3 is 2.19 bits per heavy atom. The summed E-state index contributed by atoms with van der Waals surface area (Å²) in [5.74, 6) is -1.31. The van der Waals surface area contributed by atoms with E-state index in [4.69, 9.17) is 11.6 Å². The first-order chi connectivity index (χ1) is 12.7. The van der Waals surface area contributed by atoms with E-state index in [1.807, 2.05) is 0 Å². The molecule has 0 spiro atoms. The van der Waals surface area contributed by atoms with Crippen LogP contribution < -0.4 is 5.32 Å². The summed E-state index contributed by atoms with van der Waals surface area (Å²) in [7, 11) is 1.30. The van der Waals surface area contributed by atoms with Crippen molar-refractivity contribution in [2.24, 2.45) is 0 Å². The number of non-ortho nitro benzene ring substituents is 2. The van der Waals surface area contributed by atoms with Crippen molar-refractivity contribution in [3.8, 4) is 0 Å². The molecule has 0 unspecified atom stereocenters. The standard InChI is InChI=1S/C16H13ClN4O6/c1-19(9-15(22)18-12-4-2-3-11(17)7-12)16(23)10-5-13(20(24)25)8-14(6-10)21(26)27/h2-8H,9H2,1H3,(H,18,22). The Bertz CT molecular complexity index is 901. The summed E-state index contributed by atoms with van der Waals surface area (Å²) < 4.78 is 0. The zero-order valence-electron chi connectivity index (χ0n) is 13.9. The van der Waals surface area contributed by atoms with Crippen LogP contribution in [-0.2, 0) is 4.79 Å². The molecule has 1 N–H and O–H groups in total. The number of nitro benzene ring substituents is 2. The number of nitrogens with one attached hydrogen (secondary N) is 1. The van der Waals surface area contributed by atoms with Crippen molar-refractivity contribution in [1.82, 2.24) is 4.90 Å². The van der Waals surface area contributed by atoms with E-state index in [1.54, 1.807) is 18.2 Å². The maximum atomic E-state index is 12.4. The van der Waals surface area contributed by atoms with Gasteiger partial charge in [0, 0.05) is 29.9 Å². The molecule has 140 valence electrons. The van der Waals surface area contributed by atoms with Crippen LogP contribution in [0.25, 0.3) is 0 Å². The molecule has 2 aromatic rings. The minimum absolute atomic E-state index is 0.269. The second kappa shape index (κ2) is 8.23. The number of anilines is 1. The first-order valence-electron chi connectivity index (χ1n) is 7.42. The van der Waals surface area contributed by atoms with Crippen LogP contribution in [-0.4, -0.2) is 40.2 Å². The fourth-order valence-electron chi connectivity index (χ4n) is 2.20. The SMILES string of the molecule is CN(CC(=O)Nc1cccc(Cl)c1)C(=O)c1cc([N+](=O)[O-])cc([N+](=O)[O-])c1. The lowest BCUT2D eigenvalue weighted by Gasteiger charge is -2.17. The molecular formula is C16H13ClN4O6. The second-order valence-electron chi connectivity index (χ2n) is 5.47. The van der Waals surface area contributed by atoms with Gasteiger partial charge < -0.3 is 10.2 Å². The van der Waals surface area contributed by atoms with Gasteiger partial charge in [0.1, 0.15) is 0 Å². The Kier molecular flexibility index (Phi) is 6.03. The summed E-state index contributed by atoms with van der Waals surface area (Å²) in [6.45, 7) is -0.373. The van der Waals surface area contributed by atoms with Gasteiger partial charge in [0.05, 0.1) is 28.0 Å². The van der Waals surface area contributed by atoms with Crippen LogP contribution in [0, 0.1) is 20.2 Å². The molecule has 0 bridgehead atoms. The van der Waals surface area contributed by atoms with Gasteiger partial charge in [-0.05, 0) is 18.2 Å². The Morgan fingerprint density at radius 1 is 1.07 bits per heavy atom. The molecule has 0 aliphatic carbocycles. The van der Waals surface area contributed by atoms with Crippen LogP contribution in [0.4, 0.5) is 17.1 Å². The van der Waals surface area contributed by atoms with Crippen LogP contribution >= 0.6 is 11.6 Å². The van der Waals surface area contributed by atoms with Crippen LogP contribution in [0.3, 0.4) is 0 Å². The number of halogens is 1. The van der Waals surface area contributed by atoms with Crippen molar-refractivity contribution in [3.05, 3.63) is 73.3 Å². The smallest absolute Gasteiger partial charge is 0.277 e. The molecule has 2 aromatic carbocycles. The van der Waals surface area contributed by atoms with Crippen LogP contribution in [0.5, 0.6) is 0 Å². The largest absolute Gasteiger partial charge is 0.332 e. The highest BCUT2D eigenvalue weighted by Gasteiger charge is 2.22. The number of likely N-dealkylation sites (N-methyl/N-ethyl adjacent to an activating group) is 1. The first kappa shape index (κ1) is 19.8. The van der Waals surface area contributed by atoms with Crippen molar-refractivity contribution in [2.75, 3.05) is 18.9 Å². The van der Waals surface area contributed by atoms with Gasteiger partial charge in [0.2, 0.25) is 5.91 Å². The molecule has 10 nitrogen and oxygen atoms in total. The van der Waals surface area contributed by atoms with E-state index in [1.165, 1.54) is 13.1 Å². The summed E-state index contributed by atoms with van der Waals surface area (Å²) >= 11 is 5.82. The zero-order valence-corrected chi connectivity index (χ0v) is 14.7. The van der Waals surface area contributed by atoms with Crippen molar-refractivity contribution < 1.29 is 19.4 Å². The summed E-state index contributed by atoms with van der Waals surface area (Å²) in [5.41, 5.74) is -1.03. The van der Waals surface area contributed by atoms with Crippen molar-refractivity contribution in [2.45, 2.75) is 0 Å². The lowest BCUT2D eigenvalue weighted by Crippen LogP contribution is -2.35. The predicted molar refractivity (Wildman–Crippen MR) is 96.8 cm³/mol. The van der Waals surface area contributed by atoms with E-state index < -0.39 is 33.0 Å². The molecule has 2 amide bonds. The predicted octanol–water partition coefficient (Wildman–Crippen LogP) is 2.87. The maximum absolute atomic E-state index is 12.4. The van der Waals surface area contributed by atoms with Crippen LogP contribution in [0.1, 0.15) is 10.4 Å². The number of carbonyl (C=O) groups is 2. The van der Waals surface area contributed by atoms with Crippen LogP contribution in [0.15, 0.2) is 42.5 Å². The van der Waals surface area contributed by atoms with E-state index in [9.17, 15) is 29.8 Å². The summed E-state index contributed by atoms with van der Waals surface area (Å²) in [4.78, 5) is 45.6. The lowest BCUT2D eigenvalue weighted by molar-refractivity contribution is -0.394. The topological polar surface area (TPSA) is 136 Å². The number of nitro groups is 2. The fourth-order valence-corrected chi connectivity index (χ4v) is 2.39. The Labute approximate surface area is 157 Å². The van der Waals surface area contributed by atoms with Gasteiger partial charge in [-0.2, -0.15) is 0 Å². The fraction of sp³-hybridized carbons (Fsp3) is 0.125. The monoisotopic (exact) mass is 392 g/mol. The Morgan fingerprint density at radius 2 is 1.67 bits per heavy atom. The van der Waals surface area contributed by atoms with Gasteiger partial charge in [-0.15, -0.1) is 0 Å². The molecule has 0 atom stereocenters. The third-order valence-electron chi connectivity index (χ3n) is 3.41. The molecule has 11 heteroatoms. The average Bonchev–Trinajstić information content (AvgIpc) is 2.60. The number of carbonyl (C=O) groups excluding carboxylic acids is 2. The van der Waals surface area contributed by atoms with E-state index in [2.05, 4.69) is 5.32 Å². The zero-order chi connectivity index (χ0) is 20.1. The highest BCUT2D eigenvalue weighted by molar-refractivity contribution is 6.30. The molecule has 0 aliphatic heterocycles. The van der Waals surface area contributed by atoms with E-state index in [0.29, 0.717) is 10.7 Å². The molecular weight excluding hydrogens is 380 g/mol. The molecule has 0 aromatic heterocycles. The molecule has 0 fully saturated rings.